The fraction of sp³-hybridized carbons (Fsp3) is 0.167. The molecule has 86 valence electrons. The molecular formula is C12H10ClN3O. The molecule has 0 fully saturated rings. The molecule has 0 N–H and O–H groups in total. The van der Waals surface area contributed by atoms with Crippen molar-refractivity contribution < 1.29 is 4.74 Å². The molecule has 0 aliphatic rings. The Morgan fingerprint density at radius 1 is 1.47 bits per heavy atom. The van der Waals surface area contributed by atoms with Crippen molar-refractivity contribution in [1.29, 1.82) is 5.26 Å². The number of imidazole rings is 1. The van der Waals surface area contributed by atoms with Gasteiger partial charge in [0.05, 0.1) is 7.11 Å². The van der Waals surface area contributed by atoms with Crippen LogP contribution >= 0.6 is 11.6 Å². The highest BCUT2D eigenvalue weighted by molar-refractivity contribution is 6.30. The molecule has 1 heterocycles. The molecule has 0 spiro atoms. The third kappa shape index (κ3) is 1.97. The molecule has 0 radical (unpaired) electrons. The first-order valence-corrected chi connectivity index (χ1v) is 5.32. The largest absolute Gasteiger partial charge is 0.497 e. The Kier molecular flexibility index (Phi) is 3.03. The zero-order valence-electron chi connectivity index (χ0n) is 9.44. The lowest BCUT2D eigenvalue weighted by Gasteiger charge is -2.04. The summed E-state index contributed by atoms with van der Waals surface area (Å²) in [4.78, 5) is 4.19. The van der Waals surface area contributed by atoms with Gasteiger partial charge in [0.1, 0.15) is 22.8 Å². The minimum Gasteiger partial charge on any atom is -0.497 e. The Balaban J connectivity index is 2.57. The van der Waals surface area contributed by atoms with E-state index in [2.05, 4.69) is 4.98 Å². The summed E-state index contributed by atoms with van der Waals surface area (Å²) >= 11 is 5.98. The van der Waals surface area contributed by atoms with Crippen molar-refractivity contribution in [2.45, 2.75) is 0 Å². The van der Waals surface area contributed by atoms with Crippen LogP contribution in [0.3, 0.4) is 0 Å². The van der Waals surface area contributed by atoms with Gasteiger partial charge in [-0.15, -0.1) is 0 Å². The topological polar surface area (TPSA) is 50.8 Å². The zero-order valence-corrected chi connectivity index (χ0v) is 10.2. The summed E-state index contributed by atoms with van der Waals surface area (Å²) < 4.78 is 6.82. The average molecular weight is 248 g/mol. The second-order valence-electron chi connectivity index (χ2n) is 3.48. The summed E-state index contributed by atoms with van der Waals surface area (Å²) in [5.74, 6) is 1.38. The van der Waals surface area contributed by atoms with Crippen molar-refractivity contribution in [3.8, 4) is 23.2 Å². The van der Waals surface area contributed by atoms with Gasteiger partial charge in [0.2, 0.25) is 0 Å². The van der Waals surface area contributed by atoms with Crippen LogP contribution in [-0.2, 0) is 7.05 Å². The molecule has 2 rings (SSSR count). The lowest BCUT2D eigenvalue weighted by molar-refractivity contribution is 0.415. The van der Waals surface area contributed by atoms with Crippen LogP contribution in [0.1, 0.15) is 5.69 Å². The van der Waals surface area contributed by atoms with Crippen LogP contribution in [0, 0.1) is 11.3 Å². The number of ether oxygens (including phenoxy) is 1. The van der Waals surface area contributed by atoms with Gasteiger partial charge in [-0.25, -0.2) is 4.98 Å². The monoisotopic (exact) mass is 247 g/mol. The van der Waals surface area contributed by atoms with E-state index in [4.69, 9.17) is 21.6 Å². The van der Waals surface area contributed by atoms with E-state index in [1.165, 1.54) is 0 Å². The fourth-order valence-corrected chi connectivity index (χ4v) is 1.73. The number of hydrogen-bond acceptors (Lipinski definition) is 3. The number of nitriles is 1. The van der Waals surface area contributed by atoms with Crippen molar-refractivity contribution >= 4 is 11.6 Å². The van der Waals surface area contributed by atoms with E-state index in [9.17, 15) is 0 Å². The van der Waals surface area contributed by atoms with Crippen LogP contribution in [-0.4, -0.2) is 16.7 Å². The van der Waals surface area contributed by atoms with Crippen LogP contribution in [0.15, 0.2) is 24.3 Å². The Morgan fingerprint density at radius 3 is 2.82 bits per heavy atom. The molecule has 17 heavy (non-hydrogen) atoms. The van der Waals surface area contributed by atoms with Gasteiger partial charge < -0.3 is 9.30 Å². The highest BCUT2D eigenvalue weighted by Gasteiger charge is 2.14. The number of aromatic nitrogens is 2. The quantitative estimate of drug-likeness (QED) is 0.820. The normalized spacial score (nSPS) is 10.0. The van der Waals surface area contributed by atoms with Crippen LogP contribution in [0.2, 0.25) is 5.15 Å². The smallest absolute Gasteiger partial charge is 0.178 e. The minimum absolute atomic E-state index is 0.229. The van der Waals surface area contributed by atoms with E-state index < -0.39 is 0 Å². The van der Waals surface area contributed by atoms with Gasteiger partial charge in [-0.2, -0.15) is 5.26 Å². The molecule has 0 unspecified atom stereocenters. The molecule has 0 saturated heterocycles. The molecule has 5 heteroatoms. The van der Waals surface area contributed by atoms with Gasteiger partial charge in [0.15, 0.2) is 5.69 Å². The van der Waals surface area contributed by atoms with Crippen LogP contribution in [0.25, 0.3) is 11.4 Å². The Hall–Kier alpha value is -1.99. The molecule has 0 aliphatic heterocycles. The lowest BCUT2D eigenvalue weighted by Crippen LogP contribution is -1.93. The van der Waals surface area contributed by atoms with Crippen LogP contribution in [0.4, 0.5) is 0 Å². The van der Waals surface area contributed by atoms with Crippen molar-refractivity contribution in [2.75, 3.05) is 7.11 Å². The van der Waals surface area contributed by atoms with Gasteiger partial charge in [-0.05, 0) is 12.1 Å². The number of halogens is 1. The Bertz CT molecular complexity index is 598. The molecule has 4 nitrogen and oxygen atoms in total. The molecule has 1 aromatic carbocycles. The Morgan fingerprint density at radius 2 is 2.24 bits per heavy atom. The maximum Gasteiger partial charge on any atom is 0.178 e. The molecule has 0 aliphatic carbocycles. The molecule has 0 atom stereocenters. The fourth-order valence-electron chi connectivity index (χ4n) is 1.57. The lowest BCUT2D eigenvalue weighted by atomic mass is 10.2. The molecular weight excluding hydrogens is 238 g/mol. The SMILES string of the molecule is COc1cccc(-c2nc(C#N)c(Cl)n2C)c1. The summed E-state index contributed by atoms with van der Waals surface area (Å²) in [5, 5.41) is 9.21. The molecule has 1 aromatic heterocycles. The number of benzene rings is 1. The van der Waals surface area contributed by atoms with Crippen molar-refractivity contribution in [3.05, 3.63) is 35.1 Å². The zero-order chi connectivity index (χ0) is 12.4. The van der Waals surface area contributed by atoms with E-state index in [0.29, 0.717) is 11.0 Å². The highest BCUT2D eigenvalue weighted by Crippen LogP contribution is 2.26. The van der Waals surface area contributed by atoms with Crippen molar-refractivity contribution in [1.82, 2.24) is 9.55 Å². The van der Waals surface area contributed by atoms with Gasteiger partial charge >= 0.3 is 0 Å². The van der Waals surface area contributed by atoms with Gasteiger partial charge in [0, 0.05) is 12.6 Å². The Labute approximate surface area is 104 Å². The summed E-state index contributed by atoms with van der Waals surface area (Å²) in [6.45, 7) is 0. The predicted octanol–water partition coefficient (Wildman–Crippen LogP) is 2.62. The number of methoxy groups -OCH3 is 1. The summed E-state index contributed by atoms with van der Waals surface area (Å²) in [7, 11) is 3.37. The third-order valence-corrected chi connectivity index (χ3v) is 2.89. The first-order chi connectivity index (χ1) is 8.17. The average Bonchev–Trinajstić information content (AvgIpc) is 2.66. The first-order valence-electron chi connectivity index (χ1n) is 4.94. The number of rotatable bonds is 2. The minimum atomic E-state index is 0.229. The van der Waals surface area contributed by atoms with Gasteiger partial charge in [-0.1, -0.05) is 23.7 Å². The maximum atomic E-state index is 8.87. The second-order valence-corrected chi connectivity index (χ2v) is 3.84. The summed E-state index contributed by atoms with van der Waals surface area (Å²) in [6, 6.07) is 9.41. The van der Waals surface area contributed by atoms with Crippen molar-refractivity contribution in [2.24, 2.45) is 7.05 Å². The first kappa shape index (κ1) is 11.5. The maximum absolute atomic E-state index is 8.87. The highest BCUT2D eigenvalue weighted by atomic mass is 35.5. The van der Waals surface area contributed by atoms with Crippen molar-refractivity contribution in [3.63, 3.8) is 0 Å². The van der Waals surface area contributed by atoms with E-state index in [0.717, 1.165) is 11.3 Å². The number of nitrogens with zero attached hydrogens (tertiary/aromatic N) is 3. The van der Waals surface area contributed by atoms with E-state index in [-0.39, 0.29) is 5.69 Å². The molecule has 2 aromatic rings. The predicted molar refractivity (Wildman–Crippen MR) is 64.9 cm³/mol. The number of hydrogen-bond donors (Lipinski definition) is 0. The molecule has 0 bridgehead atoms. The summed E-state index contributed by atoms with van der Waals surface area (Å²) in [6.07, 6.45) is 0. The van der Waals surface area contributed by atoms with Crippen LogP contribution < -0.4 is 4.74 Å². The van der Waals surface area contributed by atoms with Gasteiger partial charge in [-0.3, -0.25) is 0 Å². The van der Waals surface area contributed by atoms with Crippen LogP contribution in [0.5, 0.6) is 5.75 Å². The van der Waals surface area contributed by atoms with E-state index in [1.807, 2.05) is 30.3 Å². The van der Waals surface area contributed by atoms with E-state index >= 15 is 0 Å². The van der Waals surface area contributed by atoms with E-state index in [1.54, 1.807) is 18.7 Å². The molecule has 0 amide bonds. The van der Waals surface area contributed by atoms with Gasteiger partial charge in [0.25, 0.3) is 0 Å². The second kappa shape index (κ2) is 4.48. The third-order valence-electron chi connectivity index (χ3n) is 2.46. The summed E-state index contributed by atoms with van der Waals surface area (Å²) in [5.41, 5.74) is 1.09. The standard InChI is InChI=1S/C12H10ClN3O/c1-16-11(13)10(7-14)15-12(16)8-4-3-5-9(6-8)17-2/h3-6H,1-2H3. The molecule has 0 saturated carbocycles.